The highest BCUT2D eigenvalue weighted by molar-refractivity contribution is 7.49. The molecule has 3 nitrogen and oxygen atoms in total. The molecule has 1 unspecified atom stereocenters. The van der Waals surface area contributed by atoms with Crippen molar-refractivity contribution in [3.05, 3.63) is 84.4 Å². The molecule has 29 heavy (non-hydrogen) atoms. The second kappa shape index (κ2) is 12.0. The Labute approximate surface area is 178 Å². The molecule has 1 atom stereocenters. The first-order valence-corrected chi connectivity index (χ1v) is 10.1. The van der Waals surface area contributed by atoms with E-state index in [0.29, 0.717) is 11.8 Å². The molecule has 3 aromatic carbocycles. The van der Waals surface area contributed by atoms with Crippen molar-refractivity contribution in [2.45, 2.75) is 27.2 Å². The first-order valence-electron chi connectivity index (χ1n) is 10.1. The highest BCUT2D eigenvalue weighted by Gasteiger charge is 2.10. The van der Waals surface area contributed by atoms with Crippen molar-refractivity contribution in [3.8, 4) is 34.0 Å². The lowest BCUT2D eigenvalue weighted by atomic mass is 10.0. The molecule has 0 aliphatic carbocycles. The van der Waals surface area contributed by atoms with Crippen LogP contribution in [0, 0.1) is 6.92 Å². The molecule has 146 valence electrons. The molecule has 0 bridgehead atoms. The largest absolute Gasteiger partial charge is 0.416 e. The van der Waals surface area contributed by atoms with Crippen LogP contribution in [0.2, 0.25) is 0 Å². The lowest BCUT2D eigenvalue weighted by molar-refractivity contribution is 0.584. The van der Waals surface area contributed by atoms with Gasteiger partial charge in [0.25, 0.3) is 0 Å². The van der Waals surface area contributed by atoms with Gasteiger partial charge in [0.1, 0.15) is 0 Å². The topological polar surface area (TPSA) is 38.9 Å². The summed E-state index contributed by atoms with van der Waals surface area (Å²) in [5, 5.41) is 8.33. The van der Waals surface area contributed by atoms with Crippen molar-refractivity contribution in [1.29, 1.82) is 1.28 Å². The molecule has 0 spiro atoms. The summed E-state index contributed by atoms with van der Waals surface area (Å²) in [7, 11) is 4.38. The molecule has 0 N–H and O–H groups in total. The summed E-state index contributed by atoms with van der Waals surface area (Å²) < 4.78 is 11.8. The van der Waals surface area contributed by atoms with Crippen LogP contribution >= 0.6 is 9.06 Å². The lowest BCUT2D eigenvalue weighted by Gasteiger charge is -2.02. The van der Waals surface area contributed by atoms with Gasteiger partial charge in [-0.2, -0.15) is 9.06 Å². The summed E-state index contributed by atoms with van der Waals surface area (Å²) in [4.78, 5) is 0. The highest BCUT2D eigenvalue weighted by atomic mass is 31.0. The van der Waals surface area contributed by atoms with Gasteiger partial charge in [-0.25, -0.2) is 0 Å². The van der Waals surface area contributed by atoms with Gasteiger partial charge >= 0.3 is 0 Å². The third-order valence-corrected chi connectivity index (χ3v) is 3.96. The summed E-state index contributed by atoms with van der Waals surface area (Å²) in [6.45, 7) is 6.30. The smallest absolute Gasteiger partial charge is 0.248 e. The van der Waals surface area contributed by atoms with E-state index >= 15 is 0 Å². The molecule has 0 fully saturated rings. The van der Waals surface area contributed by atoms with E-state index in [0.717, 1.165) is 16.7 Å². The van der Waals surface area contributed by atoms with Crippen molar-refractivity contribution in [2.75, 3.05) is 0 Å². The van der Waals surface area contributed by atoms with Gasteiger partial charge in [-0.1, -0.05) is 80.4 Å². The van der Waals surface area contributed by atoms with Crippen molar-refractivity contribution in [1.82, 2.24) is 10.2 Å². The summed E-state index contributed by atoms with van der Waals surface area (Å²) in [6.07, 6.45) is 1.25. The van der Waals surface area contributed by atoms with Crippen molar-refractivity contribution in [3.63, 3.8) is 0 Å². The number of nitrogens with zero attached hydrogens (tertiary/aromatic N) is 2. The molecular weight excluding hydrogens is 374 g/mol. The van der Waals surface area contributed by atoms with Crippen LogP contribution in [0.4, 0.5) is 0 Å². The highest BCUT2D eigenvalue weighted by Crippen LogP contribution is 2.26. The molecule has 1 aromatic heterocycles. The third-order valence-electron chi connectivity index (χ3n) is 3.96. The van der Waals surface area contributed by atoms with Gasteiger partial charge < -0.3 is 4.42 Å². The fourth-order valence-electron chi connectivity index (χ4n) is 2.59. The second-order valence-electron chi connectivity index (χ2n) is 6.43. The maximum absolute atomic E-state index is 6.01. The Bertz CT molecular complexity index is 988. The normalized spacial score (nSPS) is 10.5. The average Bonchev–Trinajstić information content (AvgIpc) is 3.26. The van der Waals surface area contributed by atoms with E-state index in [1.807, 2.05) is 54.6 Å². The van der Waals surface area contributed by atoms with Crippen LogP contribution in [0.3, 0.4) is 0 Å². The number of benzene rings is 3. The van der Waals surface area contributed by atoms with Crippen molar-refractivity contribution < 1.29 is 4.42 Å². The molecule has 4 rings (SSSR count). The minimum Gasteiger partial charge on any atom is -0.416 e. The summed E-state index contributed by atoms with van der Waals surface area (Å²) in [6, 6.07) is 26.5. The van der Waals surface area contributed by atoms with Gasteiger partial charge in [0.15, 0.2) is 0 Å². The van der Waals surface area contributed by atoms with Crippen LogP contribution in [0.15, 0.2) is 83.3 Å². The first kappa shape index (κ1) is 21.0. The monoisotopic (exact) mass is 401 g/mol. The van der Waals surface area contributed by atoms with Crippen LogP contribution in [-0.4, -0.2) is 19.0 Å². The van der Waals surface area contributed by atoms with Crippen LogP contribution in [-0.2, 0) is 0 Å². The van der Waals surface area contributed by atoms with Gasteiger partial charge in [-0.15, -0.1) is 10.2 Å². The number of rotatable bonds is 3. The van der Waals surface area contributed by atoms with E-state index in [1.54, 1.807) is 0 Å². The van der Waals surface area contributed by atoms with Crippen LogP contribution < -0.4 is 0 Å². The van der Waals surface area contributed by atoms with Crippen LogP contribution in [0.5, 0.6) is 0 Å². The van der Waals surface area contributed by atoms with Crippen molar-refractivity contribution >= 4 is 16.6 Å². The molecular formula is C24H26BN2OP. The maximum Gasteiger partial charge on any atom is 0.248 e. The van der Waals surface area contributed by atoms with Crippen molar-refractivity contribution in [2.24, 2.45) is 0 Å². The summed E-state index contributed by atoms with van der Waals surface area (Å²) >= 11 is 0. The molecule has 0 aliphatic rings. The Morgan fingerprint density at radius 2 is 1.14 bits per heavy atom. The van der Waals surface area contributed by atoms with E-state index in [2.05, 4.69) is 62.8 Å². The predicted molar refractivity (Wildman–Crippen MR) is 127 cm³/mol. The molecule has 0 saturated carbocycles. The zero-order chi connectivity index (χ0) is 21.8. The maximum atomic E-state index is 6.01. The predicted octanol–water partition coefficient (Wildman–Crippen LogP) is 6.74. The number of aryl methyl sites for hydroxylation is 1. The fourth-order valence-corrected chi connectivity index (χ4v) is 2.59. The van der Waals surface area contributed by atoms with Gasteiger partial charge in [0.05, 0.1) is 7.57 Å². The van der Waals surface area contributed by atoms with Gasteiger partial charge in [0, 0.05) is 12.4 Å². The average molecular weight is 401 g/mol. The standard InChI is InChI=1S/C21H16N2O.C3H8.BH2P/c1-15-7-9-18(10-8-15)20-22-23-21(24-20)19-13-11-17(12-14-19)16-5-3-2-4-6-16;1-3-2;1-2/h2-14H,1H3;3H2,1-2H3;2H2/i;;2D. The van der Waals surface area contributed by atoms with E-state index in [4.69, 9.17) is 5.70 Å². The number of hydrogen-bond donors (Lipinski definition) is 0. The lowest BCUT2D eigenvalue weighted by Crippen LogP contribution is -1.80. The zero-order valence-electron chi connectivity index (χ0n) is 18.1. The minimum atomic E-state index is -0.167. The van der Waals surface area contributed by atoms with E-state index in [-0.39, 0.29) is 9.06 Å². The quantitative estimate of drug-likeness (QED) is 0.282. The second-order valence-corrected chi connectivity index (χ2v) is 6.43. The van der Waals surface area contributed by atoms with Gasteiger partial charge in [-0.3, -0.25) is 0 Å². The molecule has 1 heterocycles. The molecule has 0 amide bonds. The van der Waals surface area contributed by atoms with Crippen LogP contribution in [0.1, 0.15) is 25.8 Å². The third kappa shape index (κ3) is 6.40. The Morgan fingerprint density at radius 3 is 1.62 bits per heavy atom. The molecule has 5 heteroatoms. The molecule has 0 saturated heterocycles. The summed E-state index contributed by atoms with van der Waals surface area (Å²) in [5.41, 5.74) is 5.41. The van der Waals surface area contributed by atoms with E-state index in [1.165, 1.54) is 17.5 Å². The van der Waals surface area contributed by atoms with Gasteiger partial charge in [-0.05, 0) is 42.3 Å². The Kier molecular flexibility index (Phi) is 8.68. The Balaban J connectivity index is 0.000000480. The van der Waals surface area contributed by atoms with Gasteiger partial charge in [0.2, 0.25) is 11.8 Å². The Hall–Kier alpha value is -2.71. The fraction of sp³-hybridized carbons (Fsp3) is 0.167. The first-order chi connectivity index (χ1) is 14.6. The van der Waals surface area contributed by atoms with Crippen LogP contribution in [0.25, 0.3) is 34.0 Å². The van der Waals surface area contributed by atoms with E-state index < -0.39 is 0 Å². The minimum absolute atomic E-state index is 0.167. The molecule has 4 aromatic rings. The zero-order valence-corrected chi connectivity index (χ0v) is 18.1. The van der Waals surface area contributed by atoms with E-state index in [9.17, 15) is 0 Å². The molecule has 0 aliphatic heterocycles. The SMILES string of the molecule is CCC.Cc1ccc(-c2nnc(-c3ccc(-c4ccccc4)cc3)o2)cc1.[2H]P[B]. The Morgan fingerprint density at radius 1 is 0.759 bits per heavy atom. The summed E-state index contributed by atoms with van der Waals surface area (Å²) in [5.74, 6) is 1.07. The number of hydrogen-bond acceptors (Lipinski definition) is 3. The number of aromatic nitrogens is 2. The molecule has 2 radical (unpaired) electrons.